The van der Waals surface area contributed by atoms with Crippen molar-refractivity contribution in [2.75, 3.05) is 5.73 Å². The van der Waals surface area contributed by atoms with E-state index in [4.69, 9.17) is 10.2 Å². The van der Waals surface area contributed by atoms with Crippen LogP contribution in [0.1, 0.15) is 16.1 Å². The Labute approximate surface area is 121 Å². The fraction of sp³-hybridized carbons (Fsp3) is 0.0667. The van der Waals surface area contributed by atoms with Crippen LogP contribution in [0.15, 0.2) is 59.5 Å². The van der Waals surface area contributed by atoms with E-state index in [1.165, 1.54) is 0 Å². The van der Waals surface area contributed by atoms with Gasteiger partial charge in [-0.1, -0.05) is 6.07 Å². The van der Waals surface area contributed by atoms with Gasteiger partial charge >= 0.3 is 0 Å². The van der Waals surface area contributed by atoms with Crippen molar-refractivity contribution in [3.63, 3.8) is 0 Å². The number of amides is 1. The molecule has 2 heterocycles. The maximum absolute atomic E-state index is 12.0. The number of carbonyl (C=O) groups excluding carboxylic acids is 1. The zero-order valence-corrected chi connectivity index (χ0v) is 11.2. The van der Waals surface area contributed by atoms with E-state index in [1.54, 1.807) is 47.7 Å². The van der Waals surface area contributed by atoms with E-state index < -0.39 is 0 Å². The van der Waals surface area contributed by atoms with Crippen molar-refractivity contribution in [1.29, 1.82) is 0 Å². The molecule has 0 spiro atoms. The molecule has 6 heteroatoms. The van der Waals surface area contributed by atoms with Crippen LogP contribution in [0.2, 0.25) is 0 Å². The Morgan fingerprint density at radius 2 is 2.24 bits per heavy atom. The topological polar surface area (TPSA) is 86.1 Å². The van der Waals surface area contributed by atoms with E-state index in [-0.39, 0.29) is 5.91 Å². The summed E-state index contributed by atoms with van der Waals surface area (Å²) in [4.78, 5) is 12.0. The fourth-order valence-corrected chi connectivity index (χ4v) is 1.92. The molecule has 0 saturated heterocycles. The highest BCUT2D eigenvalue weighted by molar-refractivity contribution is 5.92. The molecular weight excluding hydrogens is 268 g/mol. The lowest BCUT2D eigenvalue weighted by Crippen LogP contribution is -2.23. The molecule has 0 saturated carbocycles. The van der Waals surface area contributed by atoms with Crippen LogP contribution in [0, 0.1) is 0 Å². The first-order valence-corrected chi connectivity index (χ1v) is 6.43. The Balaban J connectivity index is 1.71. The zero-order chi connectivity index (χ0) is 14.7. The number of furan rings is 1. The highest BCUT2D eigenvalue weighted by Gasteiger charge is 2.10. The Morgan fingerprint density at radius 1 is 1.33 bits per heavy atom. The number of nitrogens with zero attached hydrogens (tertiary/aromatic N) is 2. The number of hydrogen-bond donors (Lipinski definition) is 2. The van der Waals surface area contributed by atoms with Crippen LogP contribution in [-0.4, -0.2) is 15.7 Å². The van der Waals surface area contributed by atoms with Gasteiger partial charge in [0, 0.05) is 24.0 Å². The molecule has 0 radical (unpaired) electrons. The Bertz CT molecular complexity index is 747. The summed E-state index contributed by atoms with van der Waals surface area (Å²) in [6.45, 7) is 0.403. The predicted octanol–water partition coefficient (Wildman–Crippen LogP) is 1.98. The van der Waals surface area contributed by atoms with Crippen molar-refractivity contribution < 1.29 is 9.21 Å². The SMILES string of the molecule is Nc1cccc(-n2ccc(C(=O)NCc3ccoc3)n2)c1. The molecule has 3 rings (SSSR count). The van der Waals surface area contributed by atoms with Gasteiger partial charge in [0.25, 0.3) is 5.91 Å². The number of aromatic nitrogens is 2. The Morgan fingerprint density at radius 3 is 3.00 bits per heavy atom. The van der Waals surface area contributed by atoms with E-state index in [0.29, 0.717) is 17.9 Å². The normalized spacial score (nSPS) is 10.5. The number of nitrogens with two attached hydrogens (primary N) is 1. The highest BCUT2D eigenvalue weighted by atomic mass is 16.3. The first-order chi connectivity index (χ1) is 10.2. The number of carbonyl (C=O) groups is 1. The first kappa shape index (κ1) is 13.0. The van der Waals surface area contributed by atoms with Gasteiger partial charge in [-0.05, 0) is 30.3 Å². The van der Waals surface area contributed by atoms with Crippen LogP contribution in [0.3, 0.4) is 0 Å². The summed E-state index contributed by atoms with van der Waals surface area (Å²) in [5.41, 5.74) is 8.44. The third-order valence-corrected chi connectivity index (χ3v) is 2.99. The molecule has 1 aromatic carbocycles. The lowest BCUT2D eigenvalue weighted by atomic mass is 10.3. The van der Waals surface area contributed by atoms with Crippen molar-refractivity contribution in [3.05, 3.63) is 66.4 Å². The molecule has 0 aliphatic heterocycles. The van der Waals surface area contributed by atoms with E-state index >= 15 is 0 Å². The third kappa shape index (κ3) is 2.94. The van der Waals surface area contributed by atoms with Crippen LogP contribution < -0.4 is 11.1 Å². The van der Waals surface area contributed by atoms with Crippen molar-refractivity contribution >= 4 is 11.6 Å². The quantitative estimate of drug-likeness (QED) is 0.716. The minimum absolute atomic E-state index is 0.237. The second-order valence-electron chi connectivity index (χ2n) is 4.55. The highest BCUT2D eigenvalue weighted by Crippen LogP contribution is 2.11. The molecular formula is C15H14N4O2. The van der Waals surface area contributed by atoms with Gasteiger partial charge in [-0.15, -0.1) is 0 Å². The van der Waals surface area contributed by atoms with Gasteiger partial charge in [-0.3, -0.25) is 4.79 Å². The zero-order valence-electron chi connectivity index (χ0n) is 11.2. The number of nitrogens with one attached hydrogen (secondary N) is 1. The molecule has 0 unspecified atom stereocenters. The van der Waals surface area contributed by atoms with Gasteiger partial charge < -0.3 is 15.5 Å². The molecule has 2 aromatic heterocycles. The van der Waals surface area contributed by atoms with Crippen molar-refractivity contribution in [2.24, 2.45) is 0 Å². The number of nitrogen functional groups attached to an aromatic ring is 1. The average Bonchev–Trinajstić information content (AvgIpc) is 3.16. The monoisotopic (exact) mass is 282 g/mol. The number of anilines is 1. The molecule has 21 heavy (non-hydrogen) atoms. The summed E-state index contributed by atoms with van der Waals surface area (Å²) < 4.78 is 6.56. The van der Waals surface area contributed by atoms with Gasteiger partial charge in [0.05, 0.1) is 18.2 Å². The molecule has 1 amide bonds. The largest absolute Gasteiger partial charge is 0.472 e. The molecule has 3 N–H and O–H groups in total. The molecule has 0 fully saturated rings. The number of benzene rings is 1. The second-order valence-corrected chi connectivity index (χ2v) is 4.55. The molecule has 3 aromatic rings. The Kier molecular flexibility index (Phi) is 3.42. The van der Waals surface area contributed by atoms with Gasteiger partial charge in [0.1, 0.15) is 0 Å². The smallest absolute Gasteiger partial charge is 0.272 e. The number of hydrogen-bond acceptors (Lipinski definition) is 4. The molecule has 0 aliphatic rings. The lowest BCUT2D eigenvalue weighted by Gasteiger charge is -2.02. The lowest BCUT2D eigenvalue weighted by molar-refractivity contribution is 0.0945. The summed E-state index contributed by atoms with van der Waals surface area (Å²) in [5, 5.41) is 7.03. The summed E-state index contributed by atoms with van der Waals surface area (Å²) in [6, 6.07) is 10.8. The van der Waals surface area contributed by atoms with Crippen molar-refractivity contribution in [1.82, 2.24) is 15.1 Å². The molecule has 0 atom stereocenters. The van der Waals surface area contributed by atoms with E-state index in [0.717, 1.165) is 11.3 Å². The summed E-state index contributed by atoms with van der Waals surface area (Å²) >= 11 is 0. The summed E-state index contributed by atoms with van der Waals surface area (Å²) in [6.07, 6.45) is 4.88. The summed E-state index contributed by atoms with van der Waals surface area (Å²) in [7, 11) is 0. The molecule has 106 valence electrons. The first-order valence-electron chi connectivity index (χ1n) is 6.43. The minimum atomic E-state index is -0.237. The second kappa shape index (κ2) is 5.54. The number of rotatable bonds is 4. The van der Waals surface area contributed by atoms with Gasteiger partial charge in [-0.2, -0.15) is 5.10 Å². The van der Waals surface area contributed by atoms with Crippen LogP contribution in [0.4, 0.5) is 5.69 Å². The standard InChI is InChI=1S/C15H14N4O2/c16-12-2-1-3-13(8-12)19-6-4-14(18-19)15(20)17-9-11-5-7-21-10-11/h1-8,10H,9,16H2,(H,17,20). The maximum atomic E-state index is 12.0. The van der Waals surface area contributed by atoms with Gasteiger partial charge in [0.15, 0.2) is 5.69 Å². The van der Waals surface area contributed by atoms with Crippen molar-refractivity contribution in [3.8, 4) is 5.69 Å². The fourth-order valence-electron chi connectivity index (χ4n) is 1.92. The minimum Gasteiger partial charge on any atom is -0.472 e. The molecule has 6 nitrogen and oxygen atoms in total. The maximum Gasteiger partial charge on any atom is 0.272 e. The van der Waals surface area contributed by atoms with E-state index in [1.807, 2.05) is 12.1 Å². The van der Waals surface area contributed by atoms with Crippen LogP contribution in [0.5, 0.6) is 0 Å². The molecule has 0 bridgehead atoms. The average molecular weight is 282 g/mol. The van der Waals surface area contributed by atoms with Crippen LogP contribution >= 0.6 is 0 Å². The predicted molar refractivity (Wildman–Crippen MR) is 77.9 cm³/mol. The van der Waals surface area contributed by atoms with E-state index in [9.17, 15) is 4.79 Å². The Hall–Kier alpha value is -3.02. The van der Waals surface area contributed by atoms with E-state index in [2.05, 4.69) is 10.4 Å². The third-order valence-electron chi connectivity index (χ3n) is 2.99. The van der Waals surface area contributed by atoms with Crippen molar-refractivity contribution in [2.45, 2.75) is 6.54 Å². The van der Waals surface area contributed by atoms with Crippen LogP contribution in [-0.2, 0) is 6.54 Å². The van der Waals surface area contributed by atoms with Gasteiger partial charge in [0.2, 0.25) is 0 Å². The van der Waals surface area contributed by atoms with Gasteiger partial charge in [-0.25, -0.2) is 4.68 Å². The molecule has 0 aliphatic carbocycles. The summed E-state index contributed by atoms with van der Waals surface area (Å²) in [5.74, 6) is -0.237. The van der Waals surface area contributed by atoms with Crippen LogP contribution in [0.25, 0.3) is 5.69 Å².